The fraction of sp³-hybridized carbons (Fsp3) is 0.250. The third-order valence-corrected chi connectivity index (χ3v) is 1.35. The molecule has 1 amide bonds. The Morgan fingerprint density at radius 1 is 1.43 bits per heavy atom. The van der Waals surface area contributed by atoms with Gasteiger partial charge in [0, 0.05) is 6.20 Å². The van der Waals surface area contributed by atoms with Gasteiger partial charge in [-0.2, -0.15) is 13.2 Å². The number of nitrogens with zero attached hydrogens (tertiary/aromatic N) is 1. The summed E-state index contributed by atoms with van der Waals surface area (Å²) >= 11 is 0. The van der Waals surface area contributed by atoms with Gasteiger partial charge >= 0.3 is 6.18 Å². The number of halogens is 3. The highest BCUT2D eigenvalue weighted by molar-refractivity contribution is 5.92. The van der Waals surface area contributed by atoms with E-state index in [1.807, 2.05) is 0 Å². The van der Waals surface area contributed by atoms with Crippen LogP contribution in [-0.2, 0) is 0 Å². The second kappa shape index (κ2) is 4.08. The molecule has 1 aromatic rings. The van der Waals surface area contributed by atoms with Gasteiger partial charge < -0.3 is 5.32 Å². The lowest BCUT2D eigenvalue weighted by molar-refractivity contribution is -0.123. The Morgan fingerprint density at radius 2 is 2.14 bits per heavy atom. The molecule has 0 unspecified atom stereocenters. The molecule has 0 atom stereocenters. The van der Waals surface area contributed by atoms with Crippen LogP contribution in [-0.4, -0.2) is 23.6 Å². The molecule has 6 heteroatoms. The van der Waals surface area contributed by atoms with Crippen LogP contribution >= 0.6 is 0 Å². The number of amides is 1. The van der Waals surface area contributed by atoms with Crippen LogP contribution in [0, 0.1) is 0 Å². The van der Waals surface area contributed by atoms with Crippen molar-refractivity contribution in [2.75, 3.05) is 6.54 Å². The van der Waals surface area contributed by atoms with Crippen molar-refractivity contribution in [1.82, 2.24) is 10.3 Å². The predicted molar refractivity (Wildman–Crippen MR) is 42.6 cm³/mol. The van der Waals surface area contributed by atoms with Gasteiger partial charge in [0.15, 0.2) is 0 Å². The first-order chi connectivity index (χ1) is 6.49. The van der Waals surface area contributed by atoms with Crippen LogP contribution in [0.2, 0.25) is 0 Å². The minimum Gasteiger partial charge on any atom is -0.342 e. The number of alkyl halides is 3. The number of pyridine rings is 1. The summed E-state index contributed by atoms with van der Waals surface area (Å²) in [5, 5.41) is 1.71. The first-order valence-electron chi connectivity index (χ1n) is 3.75. The fourth-order valence-corrected chi connectivity index (χ4v) is 0.768. The topological polar surface area (TPSA) is 42.0 Å². The van der Waals surface area contributed by atoms with E-state index in [0.29, 0.717) is 0 Å². The summed E-state index contributed by atoms with van der Waals surface area (Å²) < 4.78 is 35.1. The third kappa shape index (κ3) is 3.42. The number of hydrogen-bond acceptors (Lipinski definition) is 2. The Morgan fingerprint density at radius 3 is 2.64 bits per heavy atom. The number of aromatic nitrogens is 1. The second-order valence-electron chi connectivity index (χ2n) is 2.51. The molecule has 76 valence electrons. The number of rotatable bonds is 2. The summed E-state index contributed by atoms with van der Waals surface area (Å²) in [7, 11) is 0. The molecule has 14 heavy (non-hydrogen) atoms. The molecule has 0 spiro atoms. The molecule has 0 fully saturated rings. The molecule has 0 bridgehead atoms. The summed E-state index contributed by atoms with van der Waals surface area (Å²) in [6, 6.07) is 4.43. The van der Waals surface area contributed by atoms with Gasteiger partial charge in [-0.05, 0) is 12.1 Å². The van der Waals surface area contributed by atoms with Gasteiger partial charge in [-0.1, -0.05) is 6.07 Å². The second-order valence-corrected chi connectivity index (χ2v) is 2.51. The van der Waals surface area contributed by atoms with E-state index in [9.17, 15) is 18.0 Å². The standard InChI is InChI=1S/C8H7F3N2O/c9-8(10,11)5-13-7(14)6-3-1-2-4-12-6/h1-4H,5H2,(H,13,14). The van der Waals surface area contributed by atoms with Gasteiger partial charge in [-0.15, -0.1) is 0 Å². The molecule has 0 aliphatic rings. The normalized spacial score (nSPS) is 11.1. The first kappa shape index (κ1) is 10.5. The number of carbonyl (C=O) groups is 1. The van der Waals surface area contributed by atoms with Crippen molar-refractivity contribution in [1.29, 1.82) is 0 Å². The summed E-state index contributed by atoms with van der Waals surface area (Å²) in [5.41, 5.74) is -0.0308. The zero-order valence-corrected chi connectivity index (χ0v) is 7.01. The van der Waals surface area contributed by atoms with Crippen LogP contribution in [0.3, 0.4) is 0 Å². The maximum Gasteiger partial charge on any atom is 0.405 e. The predicted octanol–water partition coefficient (Wildman–Crippen LogP) is 1.37. The Bertz CT molecular complexity index is 310. The molecular formula is C8H7F3N2O. The minimum atomic E-state index is -4.40. The average molecular weight is 204 g/mol. The monoisotopic (exact) mass is 204 g/mol. The zero-order valence-electron chi connectivity index (χ0n) is 7.01. The van der Waals surface area contributed by atoms with Crippen molar-refractivity contribution in [2.24, 2.45) is 0 Å². The van der Waals surface area contributed by atoms with Crippen molar-refractivity contribution in [2.45, 2.75) is 6.18 Å². The summed E-state index contributed by atoms with van der Waals surface area (Å²) in [4.78, 5) is 14.6. The molecule has 0 aliphatic heterocycles. The highest BCUT2D eigenvalue weighted by Crippen LogP contribution is 2.12. The number of nitrogens with one attached hydrogen (secondary N) is 1. The van der Waals surface area contributed by atoms with Crippen LogP contribution in [0.15, 0.2) is 24.4 Å². The molecule has 1 rings (SSSR count). The molecule has 1 aromatic heterocycles. The van der Waals surface area contributed by atoms with E-state index in [-0.39, 0.29) is 5.69 Å². The van der Waals surface area contributed by atoms with E-state index in [0.717, 1.165) is 0 Å². The van der Waals surface area contributed by atoms with Gasteiger partial charge in [-0.25, -0.2) is 0 Å². The van der Waals surface area contributed by atoms with Crippen molar-refractivity contribution < 1.29 is 18.0 Å². The molecule has 1 N–H and O–H groups in total. The van der Waals surface area contributed by atoms with E-state index < -0.39 is 18.6 Å². The first-order valence-corrected chi connectivity index (χ1v) is 3.75. The molecule has 1 heterocycles. The fourth-order valence-electron chi connectivity index (χ4n) is 0.768. The molecule has 3 nitrogen and oxygen atoms in total. The van der Waals surface area contributed by atoms with E-state index >= 15 is 0 Å². The average Bonchev–Trinajstić information content (AvgIpc) is 2.14. The Kier molecular flexibility index (Phi) is 3.06. The molecule has 0 saturated carbocycles. The van der Waals surface area contributed by atoms with Gasteiger partial charge in [0.05, 0.1) is 0 Å². The molecule has 0 radical (unpaired) electrons. The van der Waals surface area contributed by atoms with Crippen molar-refractivity contribution >= 4 is 5.91 Å². The van der Waals surface area contributed by atoms with Crippen molar-refractivity contribution in [3.8, 4) is 0 Å². The highest BCUT2D eigenvalue weighted by atomic mass is 19.4. The zero-order chi connectivity index (χ0) is 10.6. The van der Waals surface area contributed by atoms with Crippen LogP contribution < -0.4 is 5.32 Å². The Balaban J connectivity index is 2.52. The SMILES string of the molecule is O=C(NCC(F)(F)F)c1ccccn1. The maximum absolute atomic E-state index is 11.7. The lowest BCUT2D eigenvalue weighted by Crippen LogP contribution is -2.34. The molecule has 0 aliphatic carbocycles. The van der Waals surface area contributed by atoms with Gasteiger partial charge in [0.2, 0.25) is 0 Å². The summed E-state index contributed by atoms with van der Waals surface area (Å²) in [6.45, 7) is -1.34. The van der Waals surface area contributed by atoms with E-state index in [1.165, 1.54) is 18.3 Å². The number of hydrogen-bond donors (Lipinski definition) is 1. The third-order valence-electron chi connectivity index (χ3n) is 1.35. The largest absolute Gasteiger partial charge is 0.405 e. The summed E-state index contributed by atoms with van der Waals surface area (Å²) in [5.74, 6) is -0.831. The quantitative estimate of drug-likeness (QED) is 0.790. The summed E-state index contributed by atoms with van der Waals surface area (Å²) in [6.07, 6.45) is -3.06. The lowest BCUT2D eigenvalue weighted by atomic mass is 10.3. The maximum atomic E-state index is 11.7. The van der Waals surface area contributed by atoms with E-state index in [2.05, 4.69) is 4.98 Å². The minimum absolute atomic E-state index is 0.0308. The van der Waals surface area contributed by atoms with Crippen molar-refractivity contribution in [3.63, 3.8) is 0 Å². The molecule has 0 saturated heterocycles. The van der Waals surface area contributed by atoms with Crippen LogP contribution in [0.25, 0.3) is 0 Å². The van der Waals surface area contributed by atoms with Gasteiger partial charge in [0.1, 0.15) is 12.2 Å². The van der Waals surface area contributed by atoms with E-state index in [1.54, 1.807) is 11.4 Å². The number of carbonyl (C=O) groups excluding carboxylic acids is 1. The van der Waals surface area contributed by atoms with E-state index in [4.69, 9.17) is 0 Å². The lowest BCUT2D eigenvalue weighted by Gasteiger charge is -2.07. The Hall–Kier alpha value is -1.59. The van der Waals surface area contributed by atoms with Crippen LogP contribution in [0.1, 0.15) is 10.5 Å². The molecular weight excluding hydrogens is 197 g/mol. The van der Waals surface area contributed by atoms with Crippen LogP contribution in [0.4, 0.5) is 13.2 Å². The Labute approximate surface area is 78.0 Å². The molecule has 0 aromatic carbocycles. The smallest absolute Gasteiger partial charge is 0.342 e. The highest BCUT2D eigenvalue weighted by Gasteiger charge is 2.27. The van der Waals surface area contributed by atoms with Gasteiger partial charge in [0.25, 0.3) is 5.91 Å². The van der Waals surface area contributed by atoms with Crippen LogP contribution in [0.5, 0.6) is 0 Å². The van der Waals surface area contributed by atoms with Gasteiger partial charge in [-0.3, -0.25) is 9.78 Å². The van der Waals surface area contributed by atoms with Crippen molar-refractivity contribution in [3.05, 3.63) is 30.1 Å².